The molecule has 1 aromatic rings. The van der Waals surface area contributed by atoms with Crippen LogP contribution < -0.4 is 10.5 Å². The molecule has 0 spiro atoms. The molecule has 2 atom stereocenters. The number of aromatic hydroxyl groups is 1. The van der Waals surface area contributed by atoms with Gasteiger partial charge >= 0.3 is 5.97 Å². The summed E-state index contributed by atoms with van der Waals surface area (Å²) in [6.07, 6.45) is -1.99. The summed E-state index contributed by atoms with van der Waals surface area (Å²) < 4.78 is 23.6. The summed E-state index contributed by atoms with van der Waals surface area (Å²) in [5.74, 6) is -1.00. The lowest BCUT2D eigenvalue weighted by Crippen LogP contribution is -2.31. The van der Waals surface area contributed by atoms with Crippen LogP contribution in [0.15, 0.2) is 16.6 Å². The second-order valence-corrected chi connectivity index (χ2v) is 4.59. The Morgan fingerprint density at radius 3 is 2.65 bits per heavy atom. The van der Waals surface area contributed by atoms with E-state index < -0.39 is 18.2 Å². The van der Waals surface area contributed by atoms with Gasteiger partial charge in [0, 0.05) is 0 Å². The number of phenols is 1. The quantitative estimate of drug-likeness (QED) is 0.776. The predicted molar refractivity (Wildman–Crippen MR) is 78.1 cm³/mol. The van der Waals surface area contributed by atoms with Gasteiger partial charge in [-0.05, 0) is 40.5 Å². The number of rotatable bonds is 5. The van der Waals surface area contributed by atoms with E-state index in [1.165, 1.54) is 19.2 Å². The summed E-state index contributed by atoms with van der Waals surface area (Å²) >= 11 is 3.10. The van der Waals surface area contributed by atoms with E-state index in [0.29, 0.717) is 10.0 Å². The molecule has 0 saturated heterocycles. The maximum absolute atomic E-state index is 13.8. The van der Waals surface area contributed by atoms with Crippen LogP contribution in [0.1, 0.15) is 18.5 Å². The van der Waals surface area contributed by atoms with Crippen LogP contribution in [0.4, 0.5) is 4.39 Å². The molecule has 0 aliphatic heterocycles. The monoisotopic (exact) mass is 371 g/mol. The van der Waals surface area contributed by atoms with Crippen molar-refractivity contribution in [3.8, 4) is 11.5 Å². The number of ether oxygens (including phenoxy) is 2. The molecule has 5 nitrogen and oxygen atoms in total. The Morgan fingerprint density at radius 1 is 1.55 bits per heavy atom. The maximum atomic E-state index is 13.8. The number of hydrogen-bond acceptors (Lipinski definition) is 5. The molecule has 114 valence electrons. The molecule has 3 N–H and O–H groups in total. The number of nitrogens with two attached hydrogens (primary N) is 1. The summed E-state index contributed by atoms with van der Waals surface area (Å²) in [7, 11) is 1.36. The second-order valence-electron chi connectivity index (χ2n) is 3.73. The third kappa shape index (κ3) is 4.22. The number of alkyl halides is 1. The summed E-state index contributed by atoms with van der Waals surface area (Å²) in [5.41, 5.74) is 5.99. The van der Waals surface area contributed by atoms with Crippen LogP contribution in [0.5, 0.6) is 11.5 Å². The highest BCUT2D eigenvalue weighted by atomic mass is 79.9. The number of benzene rings is 1. The molecular formula is C12H16BrClFNO4. The van der Waals surface area contributed by atoms with Gasteiger partial charge in [0.05, 0.1) is 24.2 Å². The van der Waals surface area contributed by atoms with Crippen LogP contribution in [0, 0.1) is 0 Å². The molecule has 0 aliphatic carbocycles. The highest BCUT2D eigenvalue weighted by Gasteiger charge is 2.29. The number of halogens is 3. The molecule has 0 aromatic heterocycles. The van der Waals surface area contributed by atoms with Gasteiger partial charge in [-0.3, -0.25) is 0 Å². The average Bonchev–Trinajstić information content (AvgIpc) is 2.40. The van der Waals surface area contributed by atoms with E-state index >= 15 is 0 Å². The van der Waals surface area contributed by atoms with Crippen molar-refractivity contribution in [2.45, 2.75) is 19.1 Å². The van der Waals surface area contributed by atoms with Gasteiger partial charge in [0.25, 0.3) is 0 Å². The van der Waals surface area contributed by atoms with Crippen LogP contribution in [-0.2, 0) is 9.53 Å². The first-order valence-electron chi connectivity index (χ1n) is 5.55. The van der Waals surface area contributed by atoms with Gasteiger partial charge in [0.15, 0.2) is 11.5 Å². The lowest BCUT2D eigenvalue weighted by atomic mass is 10.0. The SMILES string of the molecule is CCOC(=O)C(F)[C@H](N)c1cc(Br)c(O)c(OC)c1.Cl. The molecule has 0 fully saturated rings. The summed E-state index contributed by atoms with van der Waals surface area (Å²) in [4.78, 5) is 11.3. The topological polar surface area (TPSA) is 81.8 Å². The average molecular weight is 373 g/mol. The standard InChI is InChI=1S/C12H15BrFNO4.ClH/c1-3-19-12(17)9(14)10(15)6-4-7(13)11(16)8(5-6)18-2;/h4-5,9-10,16H,3,15H2,1-2H3;1H/t9?,10-;/m1./s1. The molecule has 1 aromatic carbocycles. The molecule has 1 rings (SSSR count). The zero-order valence-corrected chi connectivity index (χ0v) is 13.3. The fourth-order valence-corrected chi connectivity index (χ4v) is 1.94. The number of phenolic OH excluding ortho intramolecular Hbond substituents is 1. The molecule has 0 radical (unpaired) electrons. The third-order valence-electron chi connectivity index (χ3n) is 2.48. The van der Waals surface area contributed by atoms with E-state index in [1.807, 2.05) is 0 Å². The first-order valence-corrected chi connectivity index (χ1v) is 6.34. The summed E-state index contributed by atoms with van der Waals surface area (Å²) in [6, 6.07) is 1.59. The maximum Gasteiger partial charge on any atom is 0.342 e. The third-order valence-corrected chi connectivity index (χ3v) is 3.09. The smallest absolute Gasteiger partial charge is 0.342 e. The van der Waals surface area contributed by atoms with Crippen LogP contribution in [0.25, 0.3) is 0 Å². The Kier molecular flexibility index (Phi) is 7.85. The normalized spacial score (nSPS) is 13.1. The molecule has 0 saturated carbocycles. The van der Waals surface area contributed by atoms with Gasteiger partial charge in [-0.2, -0.15) is 0 Å². The van der Waals surface area contributed by atoms with Gasteiger partial charge in [-0.25, -0.2) is 9.18 Å². The van der Waals surface area contributed by atoms with E-state index in [9.17, 15) is 14.3 Å². The Labute approximate surface area is 130 Å². The number of esters is 1. The highest BCUT2D eigenvalue weighted by molar-refractivity contribution is 9.10. The molecule has 0 amide bonds. The number of methoxy groups -OCH3 is 1. The van der Waals surface area contributed by atoms with Crippen molar-refractivity contribution < 1.29 is 23.8 Å². The minimum Gasteiger partial charge on any atom is -0.503 e. The van der Waals surface area contributed by atoms with Crippen LogP contribution in [0.2, 0.25) is 0 Å². The fraction of sp³-hybridized carbons (Fsp3) is 0.417. The molecule has 8 heteroatoms. The van der Waals surface area contributed by atoms with Gasteiger partial charge in [0.1, 0.15) is 0 Å². The number of carbonyl (C=O) groups is 1. The van der Waals surface area contributed by atoms with Gasteiger partial charge < -0.3 is 20.3 Å². The van der Waals surface area contributed by atoms with E-state index in [1.54, 1.807) is 6.92 Å². The Hall–Kier alpha value is -1.05. The molecular weight excluding hydrogens is 356 g/mol. The lowest BCUT2D eigenvalue weighted by molar-refractivity contribution is -0.149. The fourth-order valence-electron chi connectivity index (χ4n) is 1.48. The van der Waals surface area contributed by atoms with Crippen LogP contribution in [-0.4, -0.2) is 31.0 Å². The molecule has 0 aliphatic rings. The molecule has 0 heterocycles. The van der Waals surface area contributed by atoms with E-state index in [2.05, 4.69) is 20.7 Å². The molecule has 20 heavy (non-hydrogen) atoms. The van der Waals surface area contributed by atoms with Crippen molar-refractivity contribution in [2.24, 2.45) is 5.73 Å². The van der Waals surface area contributed by atoms with Crippen molar-refractivity contribution in [2.75, 3.05) is 13.7 Å². The van der Waals surface area contributed by atoms with Crippen molar-refractivity contribution >= 4 is 34.3 Å². The van der Waals surface area contributed by atoms with Gasteiger partial charge in [-0.1, -0.05) is 0 Å². The number of hydrogen-bond donors (Lipinski definition) is 2. The van der Waals surface area contributed by atoms with Crippen molar-refractivity contribution in [1.82, 2.24) is 0 Å². The van der Waals surface area contributed by atoms with Crippen molar-refractivity contribution in [3.05, 3.63) is 22.2 Å². The van der Waals surface area contributed by atoms with Crippen molar-refractivity contribution in [1.29, 1.82) is 0 Å². The molecule has 0 bridgehead atoms. The Balaban J connectivity index is 0.00000361. The zero-order chi connectivity index (χ0) is 14.6. The summed E-state index contributed by atoms with van der Waals surface area (Å²) in [6.45, 7) is 1.66. The number of carbonyl (C=O) groups excluding carboxylic acids is 1. The zero-order valence-electron chi connectivity index (χ0n) is 10.9. The predicted octanol–water partition coefficient (Wildman–Crippen LogP) is 2.49. The first kappa shape index (κ1) is 18.9. The Morgan fingerprint density at radius 2 is 2.15 bits per heavy atom. The Bertz CT molecular complexity index is 475. The molecule has 1 unspecified atom stereocenters. The van der Waals surface area contributed by atoms with Gasteiger partial charge in [0.2, 0.25) is 6.17 Å². The largest absolute Gasteiger partial charge is 0.503 e. The van der Waals surface area contributed by atoms with Crippen molar-refractivity contribution in [3.63, 3.8) is 0 Å². The van der Waals surface area contributed by atoms with E-state index in [4.69, 9.17) is 10.5 Å². The minimum absolute atomic E-state index is 0. The van der Waals surface area contributed by atoms with Crippen LogP contribution >= 0.6 is 28.3 Å². The second kappa shape index (κ2) is 8.28. The first-order chi connectivity index (χ1) is 8.92. The highest BCUT2D eigenvalue weighted by Crippen LogP contribution is 2.37. The van der Waals surface area contributed by atoms with E-state index in [0.717, 1.165) is 0 Å². The van der Waals surface area contributed by atoms with Gasteiger partial charge in [-0.15, -0.1) is 12.4 Å². The summed E-state index contributed by atoms with van der Waals surface area (Å²) in [5, 5.41) is 9.64. The minimum atomic E-state index is -1.99. The van der Waals surface area contributed by atoms with Crippen LogP contribution in [0.3, 0.4) is 0 Å². The lowest BCUT2D eigenvalue weighted by Gasteiger charge is -2.17. The van der Waals surface area contributed by atoms with E-state index in [-0.39, 0.29) is 30.5 Å².